The second-order valence-corrected chi connectivity index (χ2v) is 5.05. The molecule has 0 radical (unpaired) electrons. The molecule has 1 atom stereocenters. The first-order valence-corrected chi connectivity index (χ1v) is 6.20. The molecule has 1 fully saturated rings. The zero-order valence-electron chi connectivity index (χ0n) is 8.77. The molecule has 3 N–H and O–H groups in total. The predicted molar refractivity (Wildman–Crippen MR) is 60.1 cm³/mol. The summed E-state index contributed by atoms with van der Waals surface area (Å²) in [7, 11) is 0. The van der Waals surface area contributed by atoms with Crippen molar-refractivity contribution in [3.8, 4) is 0 Å². The van der Waals surface area contributed by atoms with Crippen LogP contribution >= 0.6 is 11.8 Å². The Morgan fingerprint density at radius 2 is 2.47 bits per heavy atom. The predicted octanol–water partition coefficient (Wildman–Crippen LogP) is 0.593. The quantitative estimate of drug-likeness (QED) is 0.723. The van der Waals surface area contributed by atoms with Crippen LogP contribution in [0.4, 0.5) is 0 Å². The maximum Gasteiger partial charge on any atom is 0.344 e. The molecule has 0 aliphatic heterocycles. The number of nitrogens with two attached hydrogens (primary N) is 1. The molecule has 0 amide bonds. The zero-order valence-corrected chi connectivity index (χ0v) is 9.59. The third kappa shape index (κ3) is 2.43. The van der Waals surface area contributed by atoms with Gasteiger partial charge in [-0.2, -0.15) is 0 Å². The van der Waals surface area contributed by atoms with E-state index in [1.807, 2.05) is 0 Å². The Morgan fingerprint density at radius 3 is 3.07 bits per heavy atom. The van der Waals surface area contributed by atoms with Crippen molar-refractivity contribution in [1.29, 1.82) is 0 Å². The molecule has 1 aliphatic carbocycles. The minimum absolute atomic E-state index is 0.0830. The molecule has 15 heavy (non-hydrogen) atoms. The molecule has 0 spiro atoms. The largest absolute Gasteiger partial charge is 0.344 e. The lowest BCUT2D eigenvalue weighted by molar-refractivity contribution is 0.635. The van der Waals surface area contributed by atoms with Crippen LogP contribution in [0.2, 0.25) is 0 Å². The molecule has 1 unspecified atom stereocenters. The molecule has 0 bridgehead atoms. The third-order valence-corrected chi connectivity index (χ3v) is 3.77. The minimum Gasteiger partial charge on any atom is -0.330 e. The van der Waals surface area contributed by atoms with Gasteiger partial charge in [0.15, 0.2) is 5.16 Å². The van der Waals surface area contributed by atoms with Gasteiger partial charge in [-0.25, -0.2) is 9.89 Å². The average Bonchev–Trinajstić information content (AvgIpc) is 3.00. The summed E-state index contributed by atoms with van der Waals surface area (Å²) in [6.07, 6.45) is 2.19. The number of H-pyrrole nitrogens is 1. The van der Waals surface area contributed by atoms with Crippen LogP contribution in [0.3, 0.4) is 0 Å². The van der Waals surface area contributed by atoms with E-state index in [1.54, 1.807) is 16.3 Å². The molecule has 1 aliphatic rings. The van der Waals surface area contributed by atoms with Crippen molar-refractivity contribution in [1.82, 2.24) is 14.8 Å². The van der Waals surface area contributed by atoms with Crippen molar-refractivity contribution in [2.24, 2.45) is 11.7 Å². The van der Waals surface area contributed by atoms with Gasteiger partial charge in [0.05, 0.1) is 0 Å². The van der Waals surface area contributed by atoms with E-state index < -0.39 is 0 Å². The molecule has 6 heteroatoms. The Bertz CT molecular complexity index is 382. The van der Waals surface area contributed by atoms with E-state index in [-0.39, 0.29) is 5.69 Å². The average molecular weight is 228 g/mol. The van der Waals surface area contributed by atoms with Gasteiger partial charge in [0.25, 0.3) is 0 Å². The Balaban J connectivity index is 2.04. The van der Waals surface area contributed by atoms with Crippen molar-refractivity contribution in [2.75, 3.05) is 12.3 Å². The molecule has 1 saturated carbocycles. The Morgan fingerprint density at radius 1 is 1.73 bits per heavy atom. The summed E-state index contributed by atoms with van der Waals surface area (Å²) in [6.45, 7) is 2.77. The lowest BCUT2D eigenvalue weighted by Crippen LogP contribution is -2.17. The Hall–Kier alpha value is -0.750. The lowest BCUT2D eigenvalue weighted by atomic mass is 10.2. The molecule has 1 aromatic heterocycles. The van der Waals surface area contributed by atoms with Gasteiger partial charge in [0, 0.05) is 11.8 Å². The molecule has 84 valence electrons. The van der Waals surface area contributed by atoms with Crippen molar-refractivity contribution >= 4 is 11.8 Å². The number of rotatable bonds is 5. The van der Waals surface area contributed by atoms with Gasteiger partial charge in [0.1, 0.15) is 0 Å². The molecular weight excluding hydrogens is 212 g/mol. The van der Waals surface area contributed by atoms with Crippen molar-refractivity contribution in [3.05, 3.63) is 10.5 Å². The van der Waals surface area contributed by atoms with Gasteiger partial charge in [-0.3, -0.25) is 4.57 Å². The second-order valence-electron chi connectivity index (χ2n) is 4.06. The number of nitrogens with one attached hydrogen (secondary N) is 1. The van der Waals surface area contributed by atoms with Gasteiger partial charge in [0.2, 0.25) is 0 Å². The summed E-state index contributed by atoms with van der Waals surface area (Å²) in [5.74, 6) is 1.36. The van der Waals surface area contributed by atoms with Crippen LogP contribution in [0, 0.1) is 5.92 Å². The van der Waals surface area contributed by atoms with E-state index in [0.29, 0.717) is 18.5 Å². The third-order valence-electron chi connectivity index (χ3n) is 2.48. The standard InChI is InChI=1S/C9H16N4OS/c1-6(4-10)5-15-9-12-11-8(14)13(9)7-2-3-7/h6-7H,2-5,10H2,1H3,(H,11,14). The molecule has 1 heterocycles. The lowest BCUT2D eigenvalue weighted by Gasteiger charge is -2.07. The summed E-state index contributed by atoms with van der Waals surface area (Å²) < 4.78 is 1.77. The van der Waals surface area contributed by atoms with E-state index in [9.17, 15) is 4.79 Å². The fourth-order valence-electron chi connectivity index (χ4n) is 1.33. The van der Waals surface area contributed by atoms with Crippen LogP contribution in [-0.4, -0.2) is 27.1 Å². The van der Waals surface area contributed by atoms with E-state index in [2.05, 4.69) is 17.1 Å². The highest BCUT2D eigenvalue weighted by Gasteiger charge is 2.28. The maximum atomic E-state index is 11.4. The van der Waals surface area contributed by atoms with Crippen molar-refractivity contribution < 1.29 is 0 Å². The van der Waals surface area contributed by atoms with Crippen LogP contribution in [0.25, 0.3) is 0 Å². The van der Waals surface area contributed by atoms with Crippen LogP contribution in [0.1, 0.15) is 25.8 Å². The number of nitrogens with zero attached hydrogens (tertiary/aromatic N) is 2. The summed E-state index contributed by atoms with van der Waals surface area (Å²) in [5, 5.41) is 7.34. The Labute approximate surface area is 92.4 Å². The van der Waals surface area contributed by atoms with Crippen molar-refractivity contribution in [3.63, 3.8) is 0 Å². The number of aromatic nitrogens is 3. The summed E-state index contributed by atoms with van der Waals surface area (Å²) in [6, 6.07) is 0.381. The number of hydrogen-bond acceptors (Lipinski definition) is 4. The van der Waals surface area contributed by atoms with Gasteiger partial charge in [-0.05, 0) is 25.3 Å². The number of hydrogen-bond donors (Lipinski definition) is 2. The van der Waals surface area contributed by atoms with E-state index in [4.69, 9.17) is 5.73 Å². The van der Waals surface area contributed by atoms with Crippen LogP contribution in [-0.2, 0) is 0 Å². The number of aromatic amines is 1. The molecular formula is C9H16N4OS. The first kappa shape index (κ1) is 10.8. The fourth-order valence-corrected chi connectivity index (χ4v) is 2.38. The van der Waals surface area contributed by atoms with Gasteiger partial charge in [-0.1, -0.05) is 18.7 Å². The van der Waals surface area contributed by atoms with Crippen LogP contribution in [0.15, 0.2) is 9.95 Å². The zero-order chi connectivity index (χ0) is 10.8. The van der Waals surface area contributed by atoms with Crippen molar-refractivity contribution in [2.45, 2.75) is 31.0 Å². The van der Waals surface area contributed by atoms with E-state index >= 15 is 0 Å². The van der Waals surface area contributed by atoms with E-state index in [0.717, 1.165) is 23.8 Å². The fraction of sp³-hybridized carbons (Fsp3) is 0.778. The minimum atomic E-state index is -0.0830. The normalized spacial score (nSPS) is 18.0. The van der Waals surface area contributed by atoms with Crippen LogP contribution in [0.5, 0.6) is 0 Å². The molecule has 0 saturated heterocycles. The smallest absolute Gasteiger partial charge is 0.330 e. The maximum absolute atomic E-state index is 11.4. The highest BCUT2D eigenvalue weighted by molar-refractivity contribution is 7.99. The van der Waals surface area contributed by atoms with Crippen LogP contribution < -0.4 is 11.4 Å². The van der Waals surface area contributed by atoms with Gasteiger partial charge >= 0.3 is 5.69 Å². The second kappa shape index (κ2) is 4.40. The number of thioether (sulfide) groups is 1. The monoisotopic (exact) mass is 228 g/mol. The Kier molecular flexibility index (Phi) is 3.16. The molecule has 0 aromatic carbocycles. The summed E-state index contributed by atoms with van der Waals surface area (Å²) >= 11 is 1.61. The first-order chi connectivity index (χ1) is 7.22. The van der Waals surface area contributed by atoms with Gasteiger partial charge in [-0.15, -0.1) is 5.10 Å². The molecule has 1 aromatic rings. The van der Waals surface area contributed by atoms with Gasteiger partial charge < -0.3 is 5.73 Å². The topological polar surface area (TPSA) is 76.7 Å². The highest BCUT2D eigenvalue weighted by Crippen LogP contribution is 2.36. The summed E-state index contributed by atoms with van der Waals surface area (Å²) in [4.78, 5) is 11.4. The first-order valence-electron chi connectivity index (χ1n) is 5.22. The SMILES string of the molecule is CC(CN)CSc1n[nH]c(=O)n1C1CC1. The summed E-state index contributed by atoms with van der Waals surface area (Å²) in [5.41, 5.74) is 5.46. The molecule has 2 rings (SSSR count). The highest BCUT2D eigenvalue weighted by atomic mass is 32.2. The van der Waals surface area contributed by atoms with E-state index in [1.165, 1.54) is 0 Å². The molecule has 5 nitrogen and oxygen atoms in total.